The zero-order valence-corrected chi connectivity index (χ0v) is 22.4. The monoisotopic (exact) mass is 497 g/mol. The Morgan fingerprint density at radius 2 is 1.84 bits per heavy atom. The van der Waals surface area contributed by atoms with Crippen LogP contribution in [-0.2, 0) is 25.0 Å². The summed E-state index contributed by atoms with van der Waals surface area (Å²) in [5.41, 5.74) is 6.80. The van der Waals surface area contributed by atoms with Crippen LogP contribution < -0.4 is 9.64 Å². The molecule has 37 heavy (non-hydrogen) atoms. The molecule has 0 fully saturated rings. The second-order valence-corrected chi connectivity index (χ2v) is 11.8. The van der Waals surface area contributed by atoms with Gasteiger partial charge in [-0.1, -0.05) is 26.0 Å². The first-order valence-corrected chi connectivity index (χ1v) is 13.2. The number of nitrogens with one attached hydrogen (secondary N) is 1. The Hall–Kier alpha value is -3.45. The van der Waals surface area contributed by atoms with E-state index in [0.717, 1.165) is 76.6 Å². The van der Waals surface area contributed by atoms with E-state index in [1.54, 1.807) is 13.8 Å². The minimum absolute atomic E-state index is 0.193. The van der Waals surface area contributed by atoms with Gasteiger partial charge in [0.25, 0.3) is 0 Å². The molecule has 0 saturated heterocycles. The number of fused-ring (bicyclic) bond motifs is 3. The maximum atomic E-state index is 10.8. The number of aromatic amines is 1. The van der Waals surface area contributed by atoms with Crippen LogP contribution in [0.4, 0.5) is 5.82 Å². The lowest BCUT2D eigenvalue weighted by Gasteiger charge is -2.35. The quantitative estimate of drug-likeness (QED) is 0.390. The van der Waals surface area contributed by atoms with Crippen molar-refractivity contribution in [1.29, 1.82) is 0 Å². The molecule has 0 atom stereocenters. The molecule has 7 heteroatoms. The van der Waals surface area contributed by atoms with Gasteiger partial charge >= 0.3 is 0 Å². The van der Waals surface area contributed by atoms with Gasteiger partial charge in [-0.3, -0.25) is 0 Å². The van der Waals surface area contributed by atoms with Crippen LogP contribution >= 0.6 is 0 Å². The Kier molecular flexibility index (Phi) is 5.53. The zero-order valence-electron chi connectivity index (χ0n) is 22.4. The second kappa shape index (κ2) is 8.55. The molecule has 3 heterocycles. The molecule has 4 aromatic rings. The highest BCUT2D eigenvalue weighted by Gasteiger charge is 2.33. The molecular formula is C30H35N5O2. The van der Waals surface area contributed by atoms with Crippen LogP contribution in [0.2, 0.25) is 0 Å². The number of aliphatic hydroxyl groups is 1. The van der Waals surface area contributed by atoms with Gasteiger partial charge in [-0.2, -0.15) is 0 Å². The van der Waals surface area contributed by atoms with Gasteiger partial charge in [0.1, 0.15) is 29.6 Å². The van der Waals surface area contributed by atoms with E-state index in [4.69, 9.17) is 14.7 Å². The van der Waals surface area contributed by atoms with E-state index in [9.17, 15) is 5.11 Å². The van der Waals surface area contributed by atoms with E-state index in [-0.39, 0.29) is 5.41 Å². The predicted molar refractivity (Wildman–Crippen MR) is 146 cm³/mol. The molecule has 0 bridgehead atoms. The molecule has 1 aliphatic carbocycles. The SMILES string of the molecule is Cc1nc2ccc(-c3ccc4c(c3)CN(c3nc(C(C)(C)O)nc5c3CC(C)(C)CC5)CCO4)cc2[nH]1. The molecule has 0 radical (unpaired) electrons. The van der Waals surface area contributed by atoms with E-state index in [0.29, 0.717) is 19.0 Å². The van der Waals surface area contributed by atoms with Crippen molar-refractivity contribution in [2.75, 3.05) is 18.1 Å². The first-order valence-electron chi connectivity index (χ1n) is 13.2. The van der Waals surface area contributed by atoms with Gasteiger partial charge in [-0.15, -0.1) is 0 Å². The van der Waals surface area contributed by atoms with Crippen molar-refractivity contribution in [2.45, 2.75) is 66.0 Å². The van der Waals surface area contributed by atoms with Crippen molar-refractivity contribution >= 4 is 16.9 Å². The zero-order chi connectivity index (χ0) is 25.9. The van der Waals surface area contributed by atoms with Crippen molar-refractivity contribution in [3.05, 3.63) is 64.9 Å². The number of rotatable bonds is 3. The number of H-pyrrole nitrogens is 1. The first kappa shape index (κ1) is 23.9. The van der Waals surface area contributed by atoms with Gasteiger partial charge in [-0.05, 0) is 80.8 Å². The average Bonchev–Trinajstić information content (AvgIpc) is 3.08. The van der Waals surface area contributed by atoms with E-state index >= 15 is 0 Å². The number of anilines is 1. The fourth-order valence-electron chi connectivity index (χ4n) is 5.54. The Bertz CT molecular complexity index is 1500. The normalized spacial score (nSPS) is 17.2. The van der Waals surface area contributed by atoms with Gasteiger partial charge in [-0.25, -0.2) is 15.0 Å². The number of aromatic nitrogens is 4. The highest BCUT2D eigenvalue weighted by atomic mass is 16.5. The molecule has 192 valence electrons. The highest BCUT2D eigenvalue weighted by molar-refractivity contribution is 5.82. The van der Waals surface area contributed by atoms with Crippen LogP contribution in [0.5, 0.6) is 5.75 Å². The van der Waals surface area contributed by atoms with Crippen LogP contribution in [0.3, 0.4) is 0 Å². The molecule has 0 amide bonds. The summed E-state index contributed by atoms with van der Waals surface area (Å²) in [5.74, 6) is 3.25. The van der Waals surface area contributed by atoms with Crippen LogP contribution in [0.25, 0.3) is 22.2 Å². The summed E-state index contributed by atoms with van der Waals surface area (Å²) >= 11 is 0. The summed E-state index contributed by atoms with van der Waals surface area (Å²) in [6.07, 6.45) is 2.91. The van der Waals surface area contributed by atoms with Crippen LogP contribution in [0, 0.1) is 12.3 Å². The molecule has 7 nitrogen and oxygen atoms in total. The average molecular weight is 498 g/mol. The molecule has 0 unspecified atom stereocenters. The minimum Gasteiger partial charge on any atom is -0.491 e. The van der Waals surface area contributed by atoms with Crippen LogP contribution in [0.15, 0.2) is 36.4 Å². The lowest BCUT2D eigenvalue weighted by molar-refractivity contribution is 0.0682. The van der Waals surface area contributed by atoms with Crippen LogP contribution in [-0.4, -0.2) is 38.2 Å². The van der Waals surface area contributed by atoms with Crippen molar-refractivity contribution in [1.82, 2.24) is 19.9 Å². The maximum absolute atomic E-state index is 10.8. The molecule has 1 aliphatic heterocycles. The first-order chi connectivity index (χ1) is 17.6. The van der Waals surface area contributed by atoms with E-state index in [1.165, 1.54) is 5.56 Å². The molecule has 2 N–H and O–H groups in total. The van der Waals surface area contributed by atoms with Gasteiger partial charge < -0.3 is 19.7 Å². The summed E-state index contributed by atoms with van der Waals surface area (Å²) in [5, 5.41) is 10.8. The topological polar surface area (TPSA) is 87.2 Å². The number of aryl methyl sites for hydroxylation is 2. The van der Waals surface area contributed by atoms with Gasteiger partial charge in [0.15, 0.2) is 5.82 Å². The van der Waals surface area contributed by atoms with E-state index < -0.39 is 5.60 Å². The number of hydrogen-bond acceptors (Lipinski definition) is 6. The standard InChI is InChI=1S/C30H35N5O2/c1-18-31-24-8-6-20(15-25(24)32-18)19-7-9-26-21(14-19)17-35(12-13-37-26)27-22-16-29(2,3)11-10-23(22)33-28(34-27)30(4,5)36/h6-9,14-15,36H,10-13,16-17H2,1-5H3,(H,31,32). The van der Waals surface area contributed by atoms with E-state index in [2.05, 4.69) is 65.1 Å². The summed E-state index contributed by atoms with van der Waals surface area (Å²) in [4.78, 5) is 20.0. The third-order valence-electron chi connectivity index (χ3n) is 7.59. The summed E-state index contributed by atoms with van der Waals surface area (Å²) in [6, 6.07) is 12.8. The Balaban J connectivity index is 1.40. The maximum Gasteiger partial charge on any atom is 0.162 e. The molecule has 2 aliphatic rings. The third-order valence-corrected chi connectivity index (χ3v) is 7.59. The molecule has 6 rings (SSSR count). The fraction of sp³-hybridized carbons (Fsp3) is 0.433. The van der Waals surface area contributed by atoms with Crippen molar-refractivity contribution < 1.29 is 9.84 Å². The lowest BCUT2D eigenvalue weighted by Crippen LogP contribution is -2.33. The molecule has 0 spiro atoms. The predicted octanol–water partition coefficient (Wildman–Crippen LogP) is 5.47. The largest absolute Gasteiger partial charge is 0.491 e. The van der Waals surface area contributed by atoms with Gasteiger partial charge in [0.2, 0.25) is 0 Å². The number of benzene rings is 2. The fourth-order valence-corrected chi connectivity index (χ4v) is 5.54. The van der Waals surface area contributed by atoms with Crippen molar-refractivity contribution in [3.8, 4) is 16.9 Å². The number of ether oxygens (including phenoxy) is 1. The van der Waals surface area contributed by atoms with Crippen LogP contribution in [0.1, 0.15) is 62.6 Å². The number of imidazole rings is 1. The highest BCUT2D eigenvalue weighted by Crippen LogP contribution is 2.40. The second-order valence-electron chi connectivity index (χ2n) is 11.8. The van der Waals surface area contributed by atoms with Crippen molar-refractivity contribution in [3.63, 3.8) is 0 Å². The number of nitrogens with zero attached hydrogens (tertiary/aromatic N) is 4. The molecular weight excluding hydrogens is 462 g/mol. The Morgan fingerprint density at radius 1 is 1.05 bits per heavy atom. The Labute approximate surface area is 217 Å². The summed E-state index contributed by atoms with van der Waals surface area (Å²) in [6.45, 7) is 12.1. The lowest BCUT2D eigenvalue weighted by atomic mass is 9.76. The summed E-state index contributed by atoms with van der Waals surface area (Å²) < 4.78 is 6.20. The van der Waals surface area contributed by atoms with Gasteiger partial charge in [0.05, 0.1) is 17.6 Å². The third kappa shape index (κ3) is 4.57. The van der Waals surface area contributed by atoms with Crippen molar-refractivity contribution in [2.24, 2.45) is 5.41 Å². The minimum atomic E-state index is -1.10. The molecule has 0 saturated carbocycles. The molecule has 2 aromatic carbocycles. The van der Waals surface area contributed by atoms with E-state index in [1.807, 2.05) is 6.92 Å². The number of hydrogen-bond donors (Lipinski definition) is 2. The summed E-state index contributed by atoms with van der Waals surface area (Å²) in [7, 11) is 0. The Morgan fingerprint density at radius 3 is 2.65 bits per heavy atom. The smallest absolute Gasteiger partial charge is 0.162 e. The van der Waals surface area contributed by atoms with Gasteiger partial charge in [0, 0.05) is 23.4 Å². The molecule has 2 aromatic heterocycles.